The molecule has 4 unspecified atom stereocenters. The van der Waals surface area contributed by atoms with Crippen LogP contribution >= 0.6 is 39.1 Å². The van der Waals surface area contributed by atoms with E-state index in [0.717, 1.165) is 79.4 Å². The summed E-state index contributed by atoms with van der Waals surface area (Å²) >= 11 is 0. The van der Waals surface area contributed by atoms with E-state index in [2.05, 4.69) is 59.3 Å². The fourth-order valence-corrected chi connectivity index (χ4v) is 17.1. The van der Waals surface area contributed by atoms with E-state index >= 15 is 0 Å². The number of nitrogens with two attached hydrogens (primary N) is 2. The number of nitrogens with one attached hydrogen (secondary N) is 3. The number of aliphatic hydroxyl groups is 6. The van der Waals surface area contributed by atoms with Crippen molar-refractivity contribution in [3.63, 3.8) is 0 Å². The van der Waals surface area contributed by atoms with Crippen LogP contribution in [0.3, 0.4) is 0 Å². The number of nitrogen functional groups attached to an aromatic ring is 2. The van der Waals surface area contributed by atoms with Crippen LogP contribution in [0.25, 0.3) is 44.7 Å². The van der Waals surface area contributed by atoms with Gasteiger partial charge in [-0.05, 0) is 0 Å². The maximum atomic E-state index is 14.4. The third kappa shape index (κ3) is 15.9. The Bertz CT molecular complexity index is 5600. The van der Waals surface area contributed by atoms with E-state index in [1.54, 1.807) is 0 Å². The van der Waals surface area contributed by atoms with E-state index in [4.69, 9.17) is 71.3 Å². The summed E-state index contributed by atoms with van der Waals surface area (Å²) in [6.45, 7) is -6.33. The molecular formula is C50H61N20O36P5. The fourth-order valence-electron chi connectivity index (χ4n) is 12.7. The van der Waals surface area contributed by atoms with Gasteiger partial charge in [0, 0.05) is 19.3 Å². The average molecular weight is 1670 g/mol. The van der Waals surface area contributed by atoms with Gasteiger partial charge in [-0.15, -0.1) is 0 Å². The largest absolute Gasteiger partial charge is 0.472 e. The number of rotatable bonds is 28. The molecule has 0 saturated carbocycles. The predicted molar refractivity (Wildman–Crippen MR) is 351 cm³/mol. The molecule has 24 atom stereocenters. The second-order valence-corrected chi connectivity index (χ2v) is 31.6. The van der Waals surface area contributed by atoms with E-state index in [-0.39, 0.29) is 45.0 Å². The van der Waals surface area contributed by atoms with Crippen molar-refractivity contribution in [2.45, 2.75) is 123 Å². The number of hydrogen-bond donors (Lipinski definition) is 17. The number of hydrogen-bond acceptors (Lipinski definition) is 41. The molecule has 14 rings (SSSR count). The summed E-state index contributed by atoms with van der Waals surface area (Å²) < 4.78 is 151. The average Bonchev–Trinajstić information content (AvgIpc) is 1.63. The molecule has 14 heterocycles. The molecular weight excluding hydrogens is 1610 g/mol. The number of aryl methyl sites for hydroxylation is 1. The first kappa shape index (κ1) is 79.6. The van der Waals surface area contributed by atoms with Gasteiger partial charge in [0.05, 0.1) is 71.0 Å². The van der Waals surface area contributed by atoms with Gasteiger partial charge in [0.25, 0.3) is 22.2 Å². The van der Waals surface area contributed by atoms with Gasteiger partial charge in [-0.1, -0.05) is 0 Å². The monoisotopic (exact) mass is 1670 g/mol. The van der Waals surface area contributed by atoms with Crippen molar-refractivity contribution in [2.75, 3.05) is 44.5 Å². The Balaban J connectivity index is 0.708. The van der Waals surface area contributed by atoms with E-state index in [0.29, 0.717) is 4.57 Å². The lowest BCUT2D eigenvalue weighted by Gasteiger charge is -2.27. The predicted octanol–water partition coefficient (Wildman–Crippen LogP) is -7.28. The highest BCUT2D eigenvalue weighted by Crippen LogP contribution is 2.56. The van der Waals surface area contributed by atoms with E-state index in [9.17, 15) is 107 Å². The lowest BCUT2D eigenvalue weighted by Crippen LogP contribution is -2.39. The molecule has 0 aromatic carbocycles. The summed E-state index contributed by atoms with van der Waals surface area (Å²) in [5.41, 5.74) is 5.13. The highest BCUT2D eigenvalue weighted by Gasteiger charge is 2.57. The van der Waals surface area contributed by atoms with Gasteiger partial charge >= 0.3 is 44.8 Å². The van der Waals surface area contributed by atoms with Crippen LogP contribution in [0.15, 0.2) is 80.5 Å². The number of nitrogens with zero attached hydrogens (tertiary/aromatic N) is 15. The number of aliphatic hydroxyl groups excluding tert-OH is 6. The molecule has 5 fully saturated rings. The topological polar surface area (TPSA) is 788 Å². The second kappa shape index (κ2) is 30.4. The van der Waals surface area contributed by atoms with Crippen molar-refractivity contribution < 1.29 is 147 Å². The molecule has 5 aliphatic heterocycles. The number of anilines is 2. The number of aromatic amines is 3. The normalized spacial score (nSPS) is 31.4. The Kier molecular flexibility index (Phi) is 21.8. The molecule has 0 aliphatic carbocycles. The van der Waals surface area contributed by atoms with Crippen LogP contribution < -0.4 is 39.4 Å². The second-order valence-electron chi connectivity index (χ2n) is 24.8. The van der Waals surface area contributed by atoms with Crippen molar-refractivity contribution in [3.05, 3.63) is 108 Å². The molecule has 0 bridgehead atoms. The lowest BCUT2D eigenvalue weighted by molar-refractivity contribution is -0.0646. The molecule has 5 aliphatic rings. The van der Waals surface area contributed by atoms with Crippen molar-refractivity contribution in [2.24, 2.45) is 7.05 Å². The summed E-state index contributed by atoms with van der Waals surface area (Å²) in [7, 11) is -27.6. The number of ether oxygens (including phenoxy) is 5. The molecule has 5 saturated heterocycles. The number of H-pyrrole nitrogens is 3. The van der Waals surface area contributed by atoms with Gasteiger partial charge in [-0.25, -0.2) is 67.5 Å². The smallest absolute Gasteiger partial charge is 0.394 e. The van der Waals surface area contributed by atoms with Crippen molar-refractivity contribution >= 4 is 95.5 Å². The summed E-state index contributed by atoms with van der Waals surface area (Å²) in [5, 5.41) is 68.8. The van der Waals surface area contributed by atoms with Gasteiger partial charge in [0.2, 0.25) is 5.95 Å². The van der Waals surface area contributed by atoms with Crippen LogP contribution in [-0.2, 0) is 94.3 Å². The third-order valence-electron chi connectivity index (χ3n) is 17.7. The number of aromatic nitrogens is 18. The van der Waals surface area contributed by atoms with Crippen LogP contribution in [0.2, 0.25) is 0 Å². The van der Waals surface area contributed by atoms with Crippen LogP contribution in [0.1, 0.15) is 31.1 Å². The fraction of sp³-hybridized carbons (Fsp3) is 0.520. The summed E-state index contributed by atoms with van der Waals surface area (Å²) in [4.78, 5) is 171. The minimum absolute atomic E-state index is 0.0246. The highest BCUT2D eigenvalue weighted by molar-refractivity contribution is 7.48. The van der Waals surface area contributed by atoms with E-state index in [1.165, 1.54) is 7.05 Å². The Hall–Kier alpha value is -8.01. The zero-order chi connectivity index (χ0) is 79.5. The first-order valence-electron chi connectivity index (χ1n) is 31.8. The Morgan fingerprint density at radius 1 is 0.459 bits per heavy atom. The Morgan fingerprint density at radius 3 is 1.30 bits per heavy atom. The molecule has 9 aromatic rings. The number of phosphoric ester groups is 5. The van der Waals surface area contributed by atoms with E-state index < -0.39 is 234 Å². The first-order valence-corrected chi connectivity index (χ1v) is 39.3. The van der Waals surface area contributed by atoms with E-state index in [1.807, 2.05) is 4.98 Å². The molecule has 111 heavy (non-hydrogen) atoms. The molecule has 56 nitrogen and oxygen atoms in total. The van der Waals surface area contributed by atoms with Gasteiger partial charge in [-0.2, -0.15) is 4.98 Å². The SMILES string of the molecule is Cn1cnc2c(ncn2[C@@H]2O[C@H](COP(=O)(O)O[C@H]3[C@@H](O)[C@H](n4cnc5c(=O)[nH]cnc54)O[C@@H]3COP(=O)(O)O[C@H]3[C@@H](O)[C@H](n4cnc5c(=O)[nH]c(N)nc54)O[C@@H]3COP(=O)(O)O[C@H]3[C@@H](O)[C@H](n4cnc5c(N)ncnc54)O[C@@H]3CO)[C@@H](OP(=O)(O)OC[C@H]3O[C@@H](n4ccc(=O)[nH]c4=O)[C@H](O)[C@@H]3OP(=O)(O)O)[C@H]2O)c1=O. The van der Waals surface area contributed by atoms with Crippen molar-refractivity contribution in [3.8, 4) is 0 Å². The van der Waals surface area contributed by atoms with Gasteiger partial charge in [-0.3, -0.25) is 92.7 Å². The zero-order valence-corrected chi connectivity index (χ0v) is 60.0. The highest BCUT2D eigenvalue weighted by atomic mass is 31.2. The molecule has 0 amide bonds. The van der Waals surface area contributed by atoms with Gasteiger partial charge in [0.1, 0.15) is 103 Å². The number of phosphoric acid groups is 5. The molecule has 602 valence electrons. The molecule has 61 heteroatoms. The zero-order valence-electron chi connectivity index (χ0n) is 55.5. The summed E-state index contributed by atoms with van der Waals surface area (Å²) in [6.07, 6.45) is -33.3. The maximum absolute atomic E-state index is 14.4. The van der Waals surface area contributed by atoms with Crippen LogP contribution in [0.5, 0.6) is 0 Å². The molecule has 9 aromatic heterocycles. The molecule has 0 radical (unpaired) electrons. The Labute approximate surface area is 610 Å². The number of imidazole rings is 4. The molecule has 19 N–H and O–H groups in total. The number of fused-ring (bicyclic) bond motifs is 4. The van der Waals surface area contributed by atoms with Crippen molar-refractivity contribution in [1.82, 2.24) is 87.2 Å². The van der Waals surface area contributed by atoms with Crippen LogP contribution in [0, 0.1) is 0 Å². The minimum Gasteiger partial charge on any atom is -0.394 e. The first-order chi connectivity index (χ1) is 52.4. The van der Waals surface area contributed by atoms with Gasteiger partial charge in [0.15, 0.2) is 76.1 Å². The Morgan fingerprint density at radius 2 is 0.847 bits per heavy atom. The minimum atomic E-state index is -5.95. The quantitative estimate of drug-likeness (QED) is 0.0203. The molecule has 0 spiro atoms. The van der Waals surface area contributed by atoms with Crippen LogP contribution in [-0.4, -0.2) is 272 Å². The summed E-state index contributed by atoms with van der Waals surface area (Å²) in [5.74, 6) is -0.551. The third-order valence-corrected chi connectivity index (χ3v) is 22.1. The lowest BCUT2D eigenvalue weighted by atomic mass is 10.1. The van der Waals surface area contributed by atoms with Gasteiger partial charge < -0.3 is 105 Å². The maximum Gasteiger partial charge on any atom is 0.472 e. The standard InChI is InChI=1S/C50H61N20O36P5/c1-65-11-61-39-25(43(65)80)60-15-69(39)47-29(76)34(105-109(87,88)93-5-17-32(102-107(82,83)84)27(74)44(98-17)66-3-2-21(72)62-50(66)81)19(100-47)7-96-110(89,90)104-33-18(99-46(28(33)75)68-13-58-23-38(68)55-10-56-41(23)78)6-95-111(91,92)106-35-20(101-48(30(35)77)70-14-59-24-40(70)63-49(52)64-42(24)79)8-94-108(85,86)103-31-16(4-71)97-45(26(31)73)67-12-57-22-36(51)53-9-54-37(22)67/h2-3,9-20,26-35,44-48,71,73-77H,4-8H2,1H3,(H,85,86)(H,87,88)(H,89,90)(H,91,92)(H2,51,53,54)(H,55,56,78)(H,62,72,81)(H2,82,83,84)(H3,52,63,64,79)/t16-,17-,18-,19-,20-,26-,27-,28-,29-,30-,31-,32-,33-,34-,35-,44-,45-,46-,47-,48-/m1/s1. The van der Waals surface area contributed by atoms with Crippen LogP contribution in [0.4, 0.5) is 11.8 Å². The van der Waals surface area contributed by atoms with Crippen molar-refractivity contribution in [1.29, 1.82) is 0 Å². The summed E-state index contributed by atoms with van der Waals surface area (Å²) in [6, 6.07) is 0.802.